The number of hydrogen-bond acceptors (Lipinski definition) is 3. The summed E-state index contributed by atoms with van der Waals surface area (Å²) >= 11 is 0. The van der Waals surface area contributed by atoms with Crippen LogP contribution in [0.5, 0.6) is 0 Å². The summed E-state index contributed by atoms with van der Waals surface area (Å²) in [7, 11) is 0. The normalized spacial score (nSPS) is 30.7. The zero-order valence-electron chi connectivity index (χ0n) is 19.0. The number of likely N-dealkylation sites (tertiary alicyclic amines) is 1. The predicted octanol–water partition coefficient (Wildman–Crippen LogP) is 4.77. The first kappa shape index (κ1) is 22.7. The van der Waals surface area contributed by atoms with Crippen molar-refractivity contribution in [3.05, 3.63) is 35.0 Å². The van der Waals surface area contributed by atoms with Crippen molar-refractivity contribution in [2.24, 2.45) is 11.8 Å². The fraction of sp³-hybridized carbons (Fsp3) is 0.640. The first-order valence-electron chi connectivity index (χ1n) is 12.1. The van der Waals surface area contributed by atoms with Crippen LogP contribution >= 0.6 is 0 Å². The molecule has 4 atom stereocenters. The number of nitrogens with one attached hydrogen (secondary N) is 2. The Kier molecular flexibility index (Phi) is 5.72. The van der Waals surface area contributed by atoms with Crippen LogP contribution < -0.4 is 5.32 Å². The highest BCUT2D eigenvalue weighted by molar-refractivity contribution is 5.86. The minimum atomic E-state index is -4.35. The fourth-order valence-electron chi connectivity index (χ4n) is 6.55. The molecule has 2 aliphatic heterocycles. The Bertz CT molecular complexity index is 1040. The van der Waals surface area contributed by atoms with Crippen molar-refractivity contribution in [2.45, 2.75) is 63.1 Å². The Morgan fingerprint density at radius 2 is 2.12 bits per heavy atom. The summed E-state index contributed by atoms with van der Waals surface area (Å²) in [5.74, 6) is 0.257. The highest BCUT2D eigenvalue weighted by atomic mass is 19.4. The highest BCUT2D eigenvalue weighted by Gasteiger charge is 2.43. The number of alkyl halides is 3. The van der Waals surface area contributed by atoms with E-state index in [9.17, 15) is 23.1 Å². The summed E-state index contributed by atoms with van der Waals surface area (Å²) in [6.07, 6.45) is 0.751. The average Bonchev–Trinajstić information content (AvgIpc) is 3.15. The molecule has 33 heavy (non-hydrogen) atoms. The van der Waals surface area contributed by atoms with Gasteiger partial charge in [0, 0.05) is 29.7 Å². The molecule has 1 unspecified atom stereocenters. The lowest BCUT2D eigenvalue weighted by Gasteiger charge is -2.45. The molecule has 2 saturated heterocycles. The second kappa shape index (κ2) is 8.31. The lowest BCUT2D eigenvalue weighted by atomic mass is 9.68. The molecule has 2 fully saturated rings. The van der Waals surface area contributed by atoms with Crippen LogP contribution in [0.15, 0.2) is 18.2 Å². The van der Waals surface area contributed by atoms with Gasteiger partial charge in [-0.1, -0.05) is 6.92 Å². The van der Waals surface area contributed by atoms with Gasteiger partial charge in [-0.05, 0) is 93.1 Å². The van der Waals surface area contributed by atoms with Crippen LogP contribution in [0.4, 0.5) is 13.2 Å². The third-order valence-corrected chi connectivity index (χ3v) is 8.46. The molecule has 3 aliphatic rings. The molecule has 0 spiro atoms. The highest BCUT2D eigenvalue weighted by Crippen LogP contribution is 2.47. The molecule has 5 nitrogen and oxygen atoms in total. The van der Waals surface area contributed by atoms with Crippen LogP contribution in [0.2, 0.25) is 0 Å². The average molecular weight is 464 g/mol. The molecule has 3 heterocycles. The van der Waals surface area contributed by atoms with E-state index in [4.69, 9.17) is 0 Å². The van der Waals surface area contributed by atoms with Crippen molar-refractivity contribution < 1.29 is 23.1 Å². The number of rotatable bonds is 4. The van der Waals surface area contributed by atoms with Crippen molar-refractivity contribution in [2.75, 3.05) is 26.2 Å². The molecule has 0 amide bonds. The molecule has 8 heteroatoms. The number of aromatic amines is 1. The van der Waals surface area contributed by atoms with Crippen LogP contribution in [0.1, 0.15) is 61.8 Å². The van der Waals surface area contributed by atoms with Gasteiger partial charge in [-0.15, -0.1) is 0 Å². The summed E-state index contributed by atoms with van der Waals surface area (Å²) in [4.78, 5) is 17.8. The number of carboxylic acids is 1. The molecular weight excluding hydrogens is 431 g/mol. The molecule has 1 aromatic carbocycles. The smallest absolute Gasteiger partial charge is 0.416 e. The number of H-pyrrole nitrogens is 1. The van der Waals surface area contributed by atoms with Crippen molar-refractivity contribution in [1.29, 1.82) is 0 Å². The molecule has 0 saturated carbocycles. The van der Waals surface area contributed by atoms with E-state index < -0.39 is 23.2 Å². The van der Waals surface area contributed by atoms with Crippen LogP contribution in [0.25, 0.3) is 10.9 Å². The van der Waals surface area contributed by atoms with Crippen LogP contribution in [0.3, 0.4) is 0 Å². The van der Waals surface area contributed by atoms with Crippen molar-refractivity contribution >= 4 is 16.9 Å². The molecular formula is C25H32F3N3O2. The van der Waals surface area contributed by atoms with Gasteiger partial charge in [-0.3, -0.25) is 4.79 Å². The number of aliphatic carboxylic acids is 1. The van der Waals surface area contributed by atoms with E-state index in [-0.39, 0.29) is 5.92 Å². The Morgan fingerprint density at radius 1 is 1.30 bits per heavy atom. The number of piperidine rings is 2. The second-order valence-electron chi connectivity index (χ2n) is 10.3. The van der Waals surface area contributed by atoms with Gasteiger partial charge in [0.2, 0.25) is 0 Å². The van der Waals surface area contributed by atoms with Gasteiger partial charge in [0.15, 0.2) is 0 Å². The van der Waals surface area contributed by atoms with Gasteiger partial charge in [-0.2, -0.15) is 13.2 Å². The van der Waals surface area contributed by atoms with E-state index in [1.807, 2.05) is 0 Å². The first-order chi connectivity index (χ1) is 15.7. The number of fused-ring (bicyclic) bond motifs is 4. The lowest BCUT2D eigenvalue weighted by molar-refractivity contribution is -0.146. The van der Waals surface area contributed by atoms with Gasteiger partial charge in [0.1, 0.15) is 5.54 Å². The maximum Gasteiger partial charge on any atom is 0.416 e. The Morgan fingerprint density at radius 3 is 2.82 bits per heavy atom. The van der Waals surface area contributed by atoms with E-state index in [0.29, 0.717) is 30.1 Å². The largest absolute Gasteiger partial charge is 0.480 e. The first-order valence-corrected chi connectivity index (χ1v) is 12.1. The molecule has 180 valence electrons. The Labute approximate surface area is 191 Å². The molecule has 3 N–H and O–H groups in total. The summed E-state index contributed by atoms with van der Waals surface area (Å²) in [5.41, 5.74) is 1.47. The molecule has 0 bridgehead atoms. The van der Waals surface area contributed by atoms with E-state index >= 15 is 0 Å². The van der Waals surface area contributed by atoms with Crippen molar-refractivity contribution in [3.63, 3.8) is 0 Å². The van der Waals surface area contributed by atoms with E-state index in [0.717, 1.165) is 74.7 Å². The minimum Gasteiger partial charge on any atom is -0.480 e. The molecule has 1 aromatic heterocycles. The summed E-state index contributed by atoms with van der Waals surface area (Å²) in [6, 6.07) is 4.01. The van der Waals surface area contributed by atoms with Crippen molar-refractivity contribution in [3.8, 4) is 0 Å². The Balaban J connectivity index is 1.35. The second-order valence-corrected chi connectivity index (χ2v) is 10.3. The lowest BCUT2D eigenvalue weighted by Crippen LogP contribution is -2.56. The topological polar surface area (TPSA) is 68.4 Å². The van der Waals surface area contributed by atoms with Crippen LogP contribution in [-0.4, -0.2) is 52.7 Å². The molecule has 1 aliphatic carbocycles. The number of hydrogen-bond donors (Lipinski definition) is 3. The molecule has 5 rings (SSSR count). The van der Waals surface area contributed by atoms with E-state index in [2.05, 4.69) is 22.1 Å². The minimum absolute atomic E-state index is 0.153. The zero-order valence-corrected chi connectivity index (χ0v) is 19.0. The maximum atomic E-state index is 13.3. The fourth-order valence-corrected chi connectivity index (χ4v) is 6.55. The van der Waals surface area contributed by atoms with Gasteiger partial charge < -0.3 is 20.3 Å². The third-order valence-electron chi connectivity index (χ3n) is 8.46. The SMILES string of the molecule is C[C@H]1c2c([nH]c3ccc(C(F)(F)F)cc23)C[C@H]2CCN(CCC3(C(=O)O)CCCCN3)C[C@@H]21. The standard InChI is InChI=1S/C25H32F3N3O2/c1-15-19-14-31(11-8-24(23(32)33)7-2-3-9-29-24)10-6-16(19)12-21-22(15)18-13-17(25(26,27)28)4-5-20(18)30-21/h4-5,13,15-16,19,29-30H,2-3,6-12,14H2,1H3,(H,32,33)/t15-,16-,19-,24?/m1/s1. The van der Waals surface area contributed by atoms with Crippen molar-refractivity contribution in [1.82, 2.24) is 15.2 Å². The maximum absolute atomic E-state index is 13.3. The predicted molar refractivity (Wildman–Crippen MR) is 120 cm³/mol. The van der Waals surface area contributed by atoms with Crippen LogP contribution in [-0.2, 0) is 17.4 Å². The van der Waals surface area contributed by atoms with Crippen LogP contribution in [0, 0.1) is 11.8 Å². The molecule has 0 radical (unpaired) electrons. The van der Waals surface area contributed by atoms with E-state index in [1.54, 1.807) is 6.07 Å². The number of nitrogens with zero attached hydrogens (tertiary/aromatic N) is 1. The number of benzene rings is 1. The monoisotopic (exact) mass is 463 g/mol. The molecule has 2 aromatic rings. The summed E-state index contributed by atoms with van der Waals surface area (Å²) in [6.45, 7) is 5.43. The zero-order chi connectivity index (χ0) is 23.4. The number of aromatic nitrogens is 1. The third kappa shape index (κ3) is 4.05. The van der Waals surface area contributed by atoms with Gasteiger partial charge in [0.05, 0.1) is 5.56 Å². The quantitative estimate of drug-likeness (QED) is 0.611. The number of halogens is 3. The van der Waals surface area contributed by atoms with E-state index in [1.165, 1.54) is 6.07 Å². The Hall–Kier alpha value is -2.06. The summed E-state index contributed by atoms with van der Waals surface area (Å²) < 4.78 is 40.0. The summed E-state index contributed by atoms with van der Waals surface area (Å²) in [5, 5.41) is 13.8. The van der Waals surface area contributed by atoms with Gasteiger partial charge in [-0.25, -0.2) is 0 Å². The van der Waals surface area contributed by atoms with Gasteiger partial charge >= 0.3 is 12.1 Å². The number of carbonyl (C=O) groups is 1. The number of carboxylic acid groups (broad SMARTS) is 1. The van der Waals surface area contributed by atoms with Gasteiger partial charge in [0.25, 0.3) is 0 Å².